The zero-order chi connectivity index (χ0) is 13.9. The molecule has 1 aliphatic heterocycles. The van der Waals surface area contributed by atoms with Crippen LogP contribution >= 0.6 is 0 Å². The van der Waals surface area contributed by atoms with Gasteiger partial charge in [-0.3, -0.25) is 4.90 Å². The lowest BCUT2D eigenvalue weighted by Crippen LogP contribution is -2.52. The third-order valence-electron chi connectivity index (χ3n) is 4.48. The van der Waals surface area contributed by atoms with Crippen molar-refractivity contribution in [3.05, 3.63) is 29.8 Å². The van der Waals surface area contributed by atoms with Crippen molar-refractivity contribution in [2.45, 2.75) is 44.4 Å². The number of rotatable bonds is 3. The van der Waals surface area contributed by atoms with Crippen molar-refractivity contribution in [2.24, 2.45) is 0 Å². The van der Waals surface area contributed by atoms with Gasteiger partial charge in [-0.15, -0.1) is 0 Å². The minimum atomic E-state index is -1.39. The van der Waals surface area contributed by atoms with E-state index in [2.05, 4.69) is 11.0 Å². The van der Waals surface area contributed by atoms with Crippen molar-refractivity contribution in [2.75, 3.05) is 13.2 Å². The van der Waals surface area contributed by atoms with Gasteiger partial charge in [-0.1, -0.05) is 37.1 Å². The van der Waals surface area contributed by atoms with E-state index in [9.17, 15) is 10.0 Å². The summed E-state index contributed by atoms with van der Waals surface area (Å²) in [6.45, 7) is 2.64. The van der Waals surface area contributed by atoms with Gasteiger partial charge in [-0.25, -0.2) is 0 Å². The number of morpholine rings is 1. The van der Waals surface area contributed by atoms with Gasteiger partial charge in [0.2, 0.25) is 0 Å². The van der Waals surface area contributed by atoms with Gasteiger partial charge in [0, 0.05) is 19.1 Å². The van der Waals surface area contributed by atoms with Crippen molar-refractivity contribution in [1.82, 2.24) is 4.90 Å². The maximum atomic E-state index is 9.26. The molecule has 2 N–H and O–H groups in total. The predicted molar refractivity (Wildman–Crippen MR) is 78.7 cm³/mol. The van der Waals surface area contributed by atoms with E-state index in [4.69, 9.17) is 4.74 Å². The molecule has 20 heavy (non-hydrogen) atoms. The van der Waals surface area contributed by atoms with E-state index in [1.54, 1.807) is 6.07 Å². The first-order valence-electron chi connectivity index (χ1n) is 7.54. The number of benzene rings is 1. The largest absolute Gasteiger partial charge is 0.488 e. The molecular weight excluding hydrogens is 253 g/mol. The molecular formula is C15H22BNO3. The first-order valence-corrected chi connectivity index (χ1v) is 7.54. The molecule has 1 aromatic carbocycles. The number of ether oxygens (including phenoxy) is 1. The number of nitrogens with zero attached hydrogens (tertiary/aromatic N) is 1. The zero-order valence-corrected chi connectivity index (χ0v) is 11.7. The van der Waals surface area contributed by atoms with Crippen LogP contribution in [0, 0.1) is 0 Å². The molecule has 0 spiro atoms. The molecule has 3 rings (SSSR count). The Bertz CT molecular complexity index is 452. The van der Waals surface area contributed by atoms with Crippen LogP contribution in [0.4, 0.5) is 0 Å². The highest BCUT2D eigenvalue weighted by atomic mass is 16.5. The SMILES string of the molecule is OB(O)c1cccc(CN2CCOC3CCCCC32)c1. The molecule has 0 aromatic heterocycles. The Morgan fingerprint density at radius 3 is 2.95 bits per heavy atom. The van der Waals surface area contributed by atoms with Crippen LogP contribution in [0.25, 0.3) is 0 Å². The van der Waals surface area contributed by atoms with Gasteiger partial charge >= 0.3 is 7.12 Å². The third-order valence-corrected chi connectivity index (χ3v) is 4.48. The highest BCUT2D eigenvalue weighted by molar-refractivity contribution is 6.58. The lowest BCUT2D eigenvalue weighted by molar-refractivity contribution is -0.0911. The van der Waals surface area contributed by atoms with E-state index in [1.807, 2.05) is 12.1 Å². The van der Waals surface area contributed by atoms with E-state index in [0.717, 1.165) is 25.3 Å². The molecule has 0 amide bonds. The van der Waals surface area contributed by atoms with Crippen LogP contribution in [0.15, 0.2) is 24.3 Å². The van der Waals surface area contributed by atoms with Crippen LogP contribution in [0.3, 0.4) is 0 Å². The molecule has 2 atom stereocenters. The van der Waals surface area contributed by atoms with E-state index >= 15 is 0 Å². The second-order valence-electron chi connectivity index (χ2n) is 5.85. The third kappa shape index (κ3) is 3.06. The van der Waals surface area contributed by atoms with Crippen LogP contribution < -0.4 is 5.46 Å². The first-order chi connectivity index (χ1) is 9.74. The summed E-state index contributed by atoms with van der Waals surface area (Å²) in [6.07, 6.45) is 5.35. The molecule has 2 unspecified atom stereocenters. The fourth-order valence-electron chi connectivity index (χ4n) is 3.46. The summed E-state index contributed by atoms with van der Waals surface area (Å²) in [5, 5.41) is 18.5. The molecule has 1 saturated carbocycles. The summed E-state index contributed by atoms with van der Waals surface area (Å²) in [6, 6.07) is 8.11. The zero-order valence-electron chi connectivity index (χ0n) is 11.7. The fraction of sp³-hybridized carbons (Fsp3) is 0.600. The molecule has 1 saturated heterocycles. The Hall–Kier alpha value is -0.875. The fourth-order valence-corrected chi connectivity index (χ4v) is 3.46. The standard InChI is InChI=1S/C15H22BNO3/c18-16(19)13-5-3-4-12(10-13)11-17-8-9-20-15-7-2-1-6-14(15)17/h3-5,10,14-15,18-19H,1-2,6-9,11H2. The van der Waals surface area contributed by atoms with Crippen LogP contribution in [-0.4, -0.2) is 47.4 Å². The second kappa shape index (κ2) is 6.27. The van der Waals surface area contributed by atoms with Crippen LogP contribution in [0.5, 0.6) is 0 Å². The highest BCUT2D eigenvalue weighted by Gasteiger charge is 2.33. The van der Waals surface area contributed by atoms with Crippen molar-refractivity contribution in [1.29, 1.82) is 0 Å². The van der Waals surface area contributed by atoms with E-state index < -0.39 is 7.12 Å². The summed E-state index contributed by atoms with van der Waals surface area (Å²) in [7, 11) is -1.39. The Balaban J connectivity index is 1.71. The minimum Gasteiger partial charge on any atom is -0.423 e. The molecule has 108 valence electrons. The Kier molecular flexibility index (Phi) is 4.41. The van der Waals surface area contributed by atoms with Crippen LogP contribution in [0.1, 0.15) is 31.2 Å². The number of fused-ring (bicyclic) bond motifs is 1. The number of hydrogen-bond acceptors (Lipinski definition) is 4. The second-order valence-corrected chi connectivity index (χ2v) is 5.85. The van der Waals surface area contributed by atoms with Gasteiger partial charge in [0.1, 0.15) is 0 Å². The summed E-state index contributed by atoms with van der Waals surface area (Å²) >= 11 is 0. The summed E-state index contributed by atoms with van der Waals surface area (Å²) in [5.74, 6) is 0. The minimum absolute atomic E-state index is 0.393. The molecule has 2 fully saturated rings. The predicted octanol–water partition coefficient (Wildman–Crippen LogP) is 0.510. The smallest absolute Gasteiger partial charge is 0.423 e. The lowest BCUT2D eigenvalue weighted by Gasteiger charge is -2.43. The number of hydrogen-bond donors (Lipinski definition) is 2. The van der Waals surface area contributed by atoms with E-state index in [0.29, 0.717) is 17.6 Å². The molecule has 5 heteroatoms. The Morgan fingerprint density at radius 2 is 2.10 bits per heavy atom. The van der Waals surface area contributed by atoms with Crippen LogP contribution in [-0.2, 0) is 11.3 Å². The van der Waals surface area contributed by atoms with Crippen molar-refractivity contribution < 1.29 is 14.8 Å². The lowest BCUT2D eigenvalue weighted by atomic mass is 9.79. The average Bonchev–Trinajstić information content (AvgIpc) is 2.48. The van der Waals surface area contributed by atoms with E-state index in [-0.39, 0.29) is 0 Å². The van der Waals surface area contributed by atoms with Crippen molar-refractivity contribution in [3.63, 3.8) is 0 Å². The van der Waals surface area contributed by atoms with Gasteiger partial charge in [0.05, 0.1) is 12.7 Å². The van der Waals surface area contributed by atoms with Crippen molar-refractivity contribution >= 4 is 12.6 Å². The maximum absolute atomic E-state index is 9.26. The molecule has 0 bridgehead atoms. The van der Waals surface area contributed by atoms with Crippen LogP contribution in [0.2, 0.25) is 0 Å². The normalized spacial score (nSPS) is 27.1. The summed E-state index contributed by atoms with van der Waals surface area (Å²) in [4.78, 5) is 2.50. The molecule has 1 aromatic rings. The summed E-state index contributed by atoms with van der Waals surface area (Å²) in [5.41, 5.74) is 1.71. The monoisotopic (exact) mass is 275 g/mol. The Labute approximate surface area is 120 Å². The molecule has 4 nitrogen and oxygen atoms in total. The molecule has 1 aliphatic carbocycles. The van der Waals surface area contributed by atoms with Gasteiger partial charge in [-0.2, -0.15) is 0 Å². The molecule has 1 heterocycles. The van der Waals surface area contributed by atoms with E-state index in [1.165, 1.54) is 25.7 Å². The average molecular weight is 275 g/mol. The topological polar surface area (TPSA) is 52.9 Å². The van der Waals surface area contributed by atoms with Gasteiger partial charge in [0.25, 0.3) is 0 Å². The van der Waals surface area contributed by atoms with Gasteiger partial charge < -0.3 is 14.8 Å². The highest BCUT2D eigenvalue weighted by Crippen LogP contribution is 2.29. The molecule has 2 aliphatic rings. The van der Waals surface area contributed by atoms with Gasteiger partial charge in [0.15, 0.2) is 0 Å². The summed E-state index contributed by atoms with van der Waals surface area (Å²) < 4.78 is 5.89. The quantitative estimate of drug-likeness (QED) is 0.789. The van der Waals surface area contributed by atoms with Crippen molar-refractivity contribution in [3.8, 4) is 0 Å². The maximum Gasteiger partial charge on any atom is 0.488 e. The molecule has 0 radical (unpaired) electrons. The Morgan fingerprint density at radius 1 is 1.25 bits per heavy atom. The van der Waals surface area contributed by atoms with Gasteiger partial charge in [-0.05, 0) is 23.9 Å². The first kappa shape index (κ1) is 14.1.